The van der Waals surface area contributed by atoms with Crippen LogP contribution in [-0.2, 0) is 13.0 Å². The highest BCUT2D eigenvalue weighted by Crippen LogP contribution is 2.09. The van der Waals surface area contributed by atoms with Crippen LogP contribution in [0.15, 0.2) is 88.5 Å². The summed E-state index contributed by atoms with van der Waals surface area (Å²) in [4.78, 5) is 28.0. The zero-order chi connectivity index (χ0) is 19.3. The highest BCUT2D eigenvalue weighted by atomic mass is 16.2. The van der Waals surface area contributed by atoms with E-state index in [9.17, 15) is 9.59 Å². The second kappa shape index (κ2) is 7.81. The van der Waals surface area contributed by atoms with E-state index < -0.39 is 5.69 Å². The van der Waals surface area contributed by atoms with E-state index in [1.54, 1.807) is 12.1 Å². The number of nitrogens with zero attached hydrogens (tertiary/aromatic N) is 1. The molecular weight excluding hydrogens is 348 g/mol. The summed E-state index contributed by atoms with van der Waals surface area (Å²) < 4.78 is 1.22. The van der Waals surface area contributed by atoms with Crippen LogP contribution in [-0.4, -0.2) is 9.55 Å². The van der Waals surface area contributed by atoms with Gasteiger partial charge in [0.05, 0.1) is 17.4 Å². The number of H-pyrrole nitrogens is 1. The fourth-order valence-corrected chi connectivity index (χ4v) is 3.08. The van der Waals surface area contributed by atoms with Crippen LogP contribution in [0.3, 0.4) is 0 Å². The first-order valence-electron chi connectivity index (χ1n) is 9.04. The second-order valence-corrected chi connectivity index (χ2v) is 6.53. The average molecular weight is 366 g/mol. The molecule has 4 rings (SSSR count). The van der Waals surface area contributed by atoms with E-state index >= 15 is 0 Å². The van der Waals surface area contributed by atoms with Gasteiger partial charge in [-0.25, -0.2) is 4.79 Å². The third-order valence-electron chi connectivity index (χ3n) is 4.53. The van der Waals surface area contributed by atoms with Crippen LogP contribution < -0.4 is 11.2 Å². The molecule has 1 N–H and O–H groups in total. The van der Waals surface area contributed by atoms with E-state index in [0.717, 1.165) is 16.7 Å². The summed E-state index contributed by atoms with van der Waals surface area (Å²) in [5.41, 5.74) is 2.59. The normalized spacial score (nSPS) is 10.4. The van der Waals surface area contributed by atoms with Crippen LogP contribution in [0.4, 0.5) is 0 Å². The Hall–Kier alpha value is -3.84. The molecule has 0 unspecified atom stereocenters. The summed E-state index contributed by atoms with van der Waals surface area (Å²) in [5.74, 6) is 6.24. The topological polar surface area (TPSA) is 54.9 Å². The SMILES string of the molecule is O=c1[nH]c2ccc(C#CCc3ccccc3)cc2c(=O)n1Cc1ccccc1. The molecule has 1 heterocycles. The summed E-state index contributed by atoms with van der Waals surface area (Å²) in [5, 5.41) is 0.460. The summed E-state index contributed by atoms with van der Waals surface area (Å²) in [6.07, 6.45) is 0.642. The number of nitrogens with one attached hydrogen (secondary N) is 1. The highest BCUT2D eigenvalue weighted by molar-refractivity contribution is 5.79. The van der Waals surface area contributed by atoms with Crippen LogP contribution in [0.2, 0.25) is 0 Å². The highest BCUT2D eigenvalue weighted by Gasteiger charge is 2.08. The second-order valence-electron chi connectivity index (χ2n) is 6.53. The van der Waals surface area contributed by atoms with Gasteiger partial charge in [0.25, 0.3) is 5.56 Å². The van der Waals surface area contributed by atoms with Crippen molar-refractivity contribution in [3.05, 3.63) is 116 Å². The maximum absolute atomic E-state index is 12.9. The molecule has 4 nitrogen and oxygen atoms in total. The van der Waals surface area contributed by atoms with Gasteiger partial charge in [0.1, 0.15) is 0 Å². The van der Waals surface area contributed by atoms with Crippen molar-refractivity contribution in [2.24, 2.45) is 0 Å². The van der Waals surface area contributed by atoms with Gasteiger partial charge in [0.2, 0.25) is 0 Å². The molecule has 3 aromatic carbocycles. The number of aromatic amines is 1. The molecule has 0 saturated heterocycles. The van der Waals surface area contributed by atoms with Gasteiger partial charge in [-0.1, -0.05) is 72.5 Å². The molecule has 1 aromatic heterocycles. The fourth-order valence-electron chi connectivity index (χ4n) is 3.08. The lowest BCUT2D eigenvalue weighted by molar-refractivity contribution is 0.712. The van der Waals surface area contributed by atoms with E-state index in [4.69, 9.17) is 0 Å². The zero-order valence-corrected chi connectivity index (χ0v) is 15.2. The lowest BCUT2D eigenvalue weighted by Gasteiger charge is -2.07. The van der Waals surface area contributed by atoms with Gasteiger partial charge in [0.15, 0.2) is 0 Å². The molecule has 0 radical (unpaired) electrons. The van der Waals surface area contributed by atoms with E-state index in [1.165, 1.54) is 4.57 Å². The lowest BCUT2D eigenvalue weighted by Crippen LogP contribution is -2.35. The monoisotopic (exact) mass is 366 g/mol. The summed E-state index contributed by atoms with van der Waals surface area (Å²) in [6, 6.07) is 24.7. The maximum Gasteiger partial charge on any atom is 0.329 e. The van der Waals surface area contributed by atoms with Gasteiger partial charge in [-0.05, 0) is 29.3 Å². The van der Waals surface area contributed by atoms with Gasteiger partial charge in [-0.3, -0.25) is 9.36 Å². The quantitative estimate of drug-likeness (QED) is 0.566. The van der Waals surface area contributed by atoms with Crippen molar-refractivity contribution < 1.29 is 0 Å². The van der Waals surface area contributed by atoms with Crippen molar-refractivity contribution in [1.82, 2.24) is 9.55 Å². The number of benzene rings is 3. The van der Waals surface area contributed by atoms with Crippen molar-refractivity contribution in [3.8, 4) is 11.8 Å². The minimum Gasteiger partial charge on any atom is -0.307 e. The van der Waals surface area contributed by atoms with Gasteiger partial charge >= 0.3 is 5.69 Å². The smallest absolute Gasteiger partial charge is 0.307 e. The first kappa shape index (κ1) is 17.6. The number of fused-ring (bicyclic) bond motifs is 1. The Morgan fingerprint density at radius 3 is 2.21 bits per heavy atom. The van der Waals surface area contributed by atoms with E-state index in [-0.39, 0.29) is 12.1 Å². The van der Waals surface area contributed by atoms with E-state index in [1.807, 2.05) is 66.7 Å². The largest absolute Gasteiger partial charge is 0.329 e. The fraction of sp³-hybridized carbons (Fsp3) is 0.0833. The first-order chi connectivity index (χ1) is 13.7. The minimum atomic E-state index is -0.413. The summed E-state index contributed by atoms with van der Waals surface area (Å²) in [7, 11) is 0. The van der Waals surface area contributed by atoms with Crippen molar-refractivity contribution in [2.75, 3.05) is 0 Å². The molecule has 0 spiro atoms. The van der Waals surface area contributed by atoms with Crippen LogP contribution in [0.1, 0.15) is 16.7 Å². The van der Waals surface area contributed by atoms with Gasteiger partial charge in [-0.2, -0.15) is 0 Å². The Morgan fingerprint density at radius 2 is 1.50 bits per heavy atom. The number of hydrogen-bond donors (Lipinski definition) is 1. The number of rotatable bonds is 3. The van der Waals surface area contributed by atoms with E-state index in [0.29, 0.717) is 17.3 Å². The molecule has 0 bridgehead atoms. The molecule has 4 aromatic rings. The van der Waals surface area contributed by atoms with Crippen LogP contribution >= 0.6 is 0 Å². The third kappa shape index (κ3) is 3.79. The summed E-state index contributed by atoms with van der Waals surface area (Å²) in [6.45, 7) is 0.231. The van der Waals surface area contributed by atoms with Gasteiger partial charge in [0, 0.05) is 12.0 Å². The Balaban J connectivity index is 1.69. The molecule has 0 saturated carbocycles. The van der Waals surface area contributed by atoms with Gasteiger partial charge in [-0.15, -0.1) is 0 Å². The molecule has 0 aliphatic rings. The molecule has 136 valence electrons. The molecule has 0 aliphatic heterocycles. The van der Waals surface area contributed by atoms with Crippen LogP contribution in [0, 0.1) is 11.8 Å². The first-order valence-corrected chi connectivity index (χ1v) is 9.04. The Labute approximate surface area is 162 Å². The lowest BCUT2D eigenvalue weighted by atomic mass is 10.1. The molecule has 28 heavy (non-hydrogen) atoms. The van der Waals surface area contributed by atoms with Crippen LogP contribution in [0.25, 0.3) is 10.9 Å². The van der Waals surface area contributed by atoms with Crippen molar-refractivity contribution >= 4 is 10.9 Å². The Morgan fingerprint density at radius 1 is 0.821 bits per heavy atom. The Kier molecular flexibility index (Phi) is 4.90. The molecular formula is C24H18N2O2. The zero-order valence-electron chi connectivity index (χ0n) is 15.2. The third-order valence-corrected chi connectivity index (χ3v) is 4.53. The van der Waals surface area contributed by atoms with E-state index in [2.05, 4.69) is 16.8 Å². The van der Waals surface area contributed by atoms with Gasteiger partial charge < -0.3 is 4.98 Å². The number of aromatic nitrogens is 2. The van der Waals surface area contributed by atoms with Crippen LogP contribution in [0.5, 0.6) is 0 Å². The molecule has 4 heteroatoms. The standard InChI is InChI=1S/C24H18N2O2/c27-23-21-16-19(13-7-12-18-8-3-1-4-9-18)14-15-22(21)25-24(28)26(23)17-20-10-5-2-6-11-20/h1-6,8-11,14-16H,12,17H2,(H,25,28). The molecule has 0 fully saturated rings. The molecule has 0 atom stereocenters. The predicted octanol–water partition coefficient (Wildman–Crippen LogP) is 3.33. The molecule has 0 amide bonds. The average Bonchev–Trinajstić information content (AvgIpc) is 2.73. The van der Waals surface area contributed by atoms with Crippen molar-refractivity contribution in [3.63, 3.8) is 0 Å². The maximum atomic E-state index is 12.9. The molecule has 0 aliphatic carbocycles. The number of hydrogen-bond acceptors (Lipinski definition) is 2. The van der Waals surface area contributed by atoms with Crippen molar-refractivity contribution in [2.45, 2.75) is 13.0 Å². The Bertz CT molecular complexity index is 1290. The minimum absolute atomic E-state index is 0.231. The van der Waals surface area contributed by atoms with Crippen molar-refractivity contribution in [1.29, 1.82) is 0 Å². The predicted molar refractivity (Wildman–Crippen MR) is 111 cm³/mol. The summed E-state index contributed by atoms with van der Waals surface area (Å²) >= 11 is 0.